The van der Waals surface area contributed by atoms with E-state index in [-0.39, 0.29) is 35.7 Å². The Morgan fingerprint density at radius 3 is 1.20 bits per heavy atom. The first-order valence-corrected chi connectivity index (χ1v) is 21.9. The van der Waals surface area contributed by atoms with Gasteiger partial charge in [0.1, 0.15) is 12.2 Å². The highest BCUT2D eigenvalue weighted by atomic mass is 16.5. The Morgan fingerprint density at radius 1 is 0.545 bits per heavy atom. The maximum atomic E-state index is 12.0. The van der Waals surface area contributed by atoms with Crippen LogP contribution in [0.2, 0.25) is 0 Å². The molecule has 0 aliphatic carbocycles. The number of hydrogen-bond acceptors (Lipinski definition) is 7. The molecule has 4 amide bonds. The van der Waals surface area contributed by atoms with Gasteiger partial charge in [0.2, 0.25) is 23.6 Å². The number of amides is 4. The number of carbonyl (C=O) groups excluding carboxylic acids is 4. The molecule has 11 heteroatoms. The van der Waals surface area contributed by atoms with Crippen LogP contribution < -0.4 is 21.3 Å². The quantitative estimate of drug-likeness (QED) is 0.0289. The van der Waals surface area contributed by atoms with Crippen molar-refractivity contribution in [1.82, 2.24) is 21.3 Å². The van der Waals surface area contributed by atoms with Crippen molar-refractivity contribution in [2.24, 2.45) is 0 Å². The summed E-state index contributed by atoms with van der Waals surface area (Å²) in [7, 11) is 0. The standard InChI is InChI=1S/C44H80N4O7/c1-5-7-25-31-45-41(51)29-23-19-15-11-9-13-17-21-27-37(47-35(3)49)33-39-43(53)44(54)40(55-39)34-38(48-36(4)50)28-22-18-14-10-12-16-20-24-30-42(52)46-32-26-8-6-2/h5-6,37-40,43-44,53-54H,1-2,7-34H2,3-4H3,(H,45,51)(H,46,52)(H,47,49)(H,48,50)/t37-,38?,39?,40?,43?,44?/m1/s1. The van der Waals surface area contributed by atoms with Crippen LogP contribution >= 0.6 is 0 Å². The molecule has 0 spiro atoms. The van der Waals surface area contributed by atoms with Crippen molar-refractivity contribution >= 4 is 23.6 Å². The minimum absolute atomic E-state index is 0.124. The smallest absolute Gasteiger partial charge is 0.219 e. The third kappa shape index (κ3) is 27.5. The zero-order valence-corrected chi connectivity index (χ0v) is 34.8. The van der Waals surface area contributed by atoms with E-state index in [2.05, 4.69) is 34.4 Å². The summed E-state index contributed by atoms with van der Waals surface area (Å²) in [4.78, 5) is 47.8. The van der Waals surface area contributed by atoms with Crippen molar-refractivity contribution in [3.8, 4) is 0 Å². The molecule has 5 unspecified atom stereocenters. The second-order valence-electron chi connectivity index (χ2n) is 15.8. The maximum absolute atomic E-state index is 12.0. The number of hydrogen-bond donors (Lipinski definition) is 6. The van der Waals surface area contributed by atoms with E-state index >= 15 is 0 Å². The number of ether oxygens (including phenoxy) is 1. The largest absolute Gasteiger partial charge is 0.388 e. The lowest BCUT2D eigenvalue weighted by Gasteiger charge is -2.24. The molecule has 0 aromatic heterocycles. The van der Waals surface area contributed by atoms with Gasteiger partial charge in [-0.05, 0) is 64.2 Å². The predicted octanol–water partition coefficient (Wildman–Crippen LogP) is 7.23. The predicted molar refractivity (Wildman–Crippen MR) is 222 cm³/mol. The van der Waals surface area contributed by atoms with Crippen LogP contribution in [0.25, 0.3) is 0 Å². The fourth-order valence-electron chi connectivity index (χ4n) is 7.45. The van der Waals surface area contributed by atoms with Crippen LogP contribution in [0.3, 0.4) is 0 Å². The van der Waals surface area contributed by atoms with Gasteiger partial charge in [-0.15, -0.1) is 13.2 Å². The highest BCUT2D eigenvalue weighted by Crippen LogP contribution is 2.29. The van der Waals surface area contributed by atoms with Crippen LogP contribution in [-0.2, 0) is 23.9 Å². The first-order chi connectivity index (χ1) is 26.6. The molecule has 6 N–H and O–H groups in total. The fourth-order valence-corrected chi connectivity index (χ4v) is 7.45. The Hall–Kier alpha value is -2.76. The van der Waals surface area contributed by atoms with E-state index in [1.807, 2.05) is 12.2 Å². The molecular weight excluding hydrogens is 697 g/mol. The molecule has 1 fully saturated rings. The first kappa shape index (κ1) is 50.3. The van der Waals surface area contributed by atoms with Gasteiger partial charge >= 0.3 is 0 Å². The van der Waals surface area contributed by atoms with Gasteiger partial charge in [-0.1, -0.05) is 102 Å². The van der Waals surface area contributed by atoms with Gasteiger partial charge in [0.25, 0.3) is 0 Å². The van der Waals surface area contributed by atoms with Crippen LogP contribution in [0.4, 0.5) is 0 Å². The van der Waals surface area contributed by atoms with Gasteiger partial charge in [-0.25, -0.2) is 0 Å². The lowest BCUT2D eigenvalue weighted by atomic mass is 9.95. The summed E-state index contributed by atoms with van der Waals surface area (Å²) in [6, 6.07) is -0.317. The van der Waals surface area contributed by atoms with Crippen molar-refractivity contribution in [1.29, 1.82) is 0 Å². The topological polar surface area (TPSA) is 166 Å². The SMILES string of the molecule is C=CCCCNC(=O)CCCCCCCCCCC(CC1OC(C[C@@H](CCCCCCCCCCC(=O)NCCCC=C)NC(C)=O)C(O)C1O)NC(C)=O. The molecule has 1 aliphatic heterocycles. The number of unbranched alkanes of at least 4 members (excludes halogenated alkanes) is 16. The number of nitrogens with one attached hydrogen (secondary N) is 4. The Labute approximate surface area is 334 Å². The Bertz CT molecular complexity index is 977. The zero-order valence-electron chi connectivity index (χ0n) is 34.8. The molecular formula is C44H80N4O7. The van der Waals surface area contributed by atoms with Crippen molar-refractivity contribution in [2.75, 3.05) is 13.1 Å². The van der Waals surface area contributed by atoms with Crippen LogP contribution in [0.15, 0.2) is 25.3 Å². The molecule has 6 atom stereocenters. The van der Waals surface area contributed by atoms with Crippen molar-refractivity contribution in [3.05, 3.63) is 25.3 Å². The second kappa shape index (κ2) is 33.4. The molecule has 0 aromatic rings. The summed E-state index contributed by atoms with van der Waals surface area (Å²) in [5.74, 6) is 0.0273. The summed E-state index contributed by atoms with van der Waals surface area (Å²) in [6.45, 7) is 11.8. The number of aliphatic hydroxyl groups is 2. The van der Waals surface area contributed by atoms with Crippen molar-refractivity contribution < 1.29 is 34.1 Å². The van der Waals surface area contributed by atoms with E-state index < -0.39 is 24.4 Å². The average molecular weight is 777 g/mol. The normalized spacial score (nSPS) is 19.0. The molecule has 55 heavy (non-hydrogen) atoms. The minimum atomic E-state index is -1.06. The van der Waals surface area contributed by atoms with Crippen LogP contribution in [-0.4, -0.2) is 83.4 Å². The zero-order chi connectivity index (χ0) is 40.5. The highest BCUT2D eigenvalue weighted by Gasteiger charge is 2.44. The van der Waals surface area contributed by atoms with Gasteiger partial charge in [0, 0.05) is 51.9 Å². The lowest BCUT2D eigenvalue weighted by Crippen LogP contribution is -2.40. The Kier molecular flexibility index (Phi) is 30.5. The summed E-state index contributed by atoms with van der Waals surface area (Å²) in [5.41, 5.74) is 0. The van der Waals surface area contributed by atoms with E-state index in [1.165, 1.54) is 13.8 Å². The molecule has 1 aliphatic rings. The summed E-state index contributed by atoms with van der Waals surface area (Å²) >= 11 is 0. The summed E-state index contributed by atoms with van der Waals surface area (Å²) in [5, 5.41) is 33.8. The molecule has 1 heterocycles. The number of carbonyl (C=O) groups is 4. The maximum Gasteiger partial charge on any atom is 0.219 e. The van der Waals surface area contributed by atoms with Gasteiger partial charge < -0.3 is 36.2 Å². The molecule has 318 valence electrons. The fraction of sp³-hybridized carbons (Fsp3) is 0.818. The third-order valence-electron chi connectivity index (χ3n) is 10.5. The van der Waals surface area contributed by atoms with Gasteiger partial charge in [0.15, 0.2) is 0 Å². The number of aliphatic hydroxyl groups excluding tert-OH is 2. The summed E-state index contributed by atoms with van der Waals surface area (Å²) in [6.07, 6.45) is 24.8. The van der Waals surface area contributed by atoms with E-state index in [4.69, 9.17) is 4.74 Å². The van der Waals surface area contributed by atoms with Crippen molar-refractivity contribution in [3.63, 3.8) is 0 Å². The van der Waals surface area contributed by atoms with E-state index in [0.29, 0.717) is 25.7 Å². The number of allylic oxidation sites excluding steroid dienone is 2. The van der Waals surface area contributed by atoms with Gasteiger partial charge in [-0.2, -0.15) is 0 Å². The molecule has 1 saturated heterocycles. The van der Waals surface area contributed by atoms with Crippen LogP contribution in [0.5, 0.6) is 0 Å². The van der Waals surface area contributed by atoms with Gasteiger partial charge in [-0.3, -0.25) is 19.2 Å². The molecule has 0 radical (unpaired) electrons. The van der Waals surface area contributed by atoms with E-state index in [9.17, 15) is 29.4 Å². The van der Waals surface area contributed by atoms with Crippen LogP contribution in [0, 0.1) is 0 Å². The van der Waals surface area contributed by atoms with E-state index in [1.54, 1.807) is 0 Å². The molecule has 1 rings (SSSR count). The first-order valence-electron chi connectivity index (χ1n) is 21.9. The van der Waals surface area contributed by atoms with Gasteiger partial charge in [0.05, 0.1) is 12.2 Å². The van der Waals surface area contributed by atoms with Crippen molar-refractivity contribution in [2.45, 2.75) is 217 Å². The third-order valence-corrected chi connectivity index (χ3v) is 10.5. The van der Waals surface area contributed by atoms with Crippen LogP contribution in [0.1, 0.15) is 181 Å². The Balaban J connectivity index is 2.31. The molecule has 0 bridgehead atoms. The molecule has 11 nitrogen and oxygen atoms in total. The second-order valence-corrected chi connectivity index (χ2v) is 15.8. The average Bonchev–Trinajstić information content (AvgIpc) is 3.39. The Morgan fingerprint density at radius 2 is 0.873 bits per heavy atom. The van der Waals surface area contributed by atoms with E-state index in [0.717, 1.165) is 154 Å². The lowest BCUT2D eigenvalue weighted by molar-refractivity contribution is -0.122. The highest BCUT2D eigenvalue weighted by molar-refractivity contribution is 5.76. The molecule has 0 saturated carbocycles. The molecule has 0 aromatic carbocycles. The number of rotatable bonds is 36. The minimum Gasteiger partial charge on any atom is -0.388 e. The summed E-state index contributed by atoms with van der Waals surface area (Å²) < 4.78 is 6.22. The monoisotopic (exact) mass is 777 g/mol.